The van der Waals surface area contributed by atoms with Crippen LogP contribution in [0.4, 0.5) is 11.8 Å². The third kappa shape index (κ3) is 5.41. The molecule has 0 spiro atoms. The van der Waals surface area contributed by atoms with Crippen LogP contribution in [-0.2, 0) is 0 Å². The zero-order valence-electron chi connectivity index (χ0n) is 20.3. The first-order valence-corrected chi connectivity index (χ1v) is 13.0. The normalized spacial score (nSPS) is 20.3. The van der Waals surface area contributed by atoms with E-state index in [1.54, 1.807) is 0 Å². The highest BCUT2D eigenvalue weighted by Gasteiger charge is 2.32. The van der Waals surface area contributed by atoms with Crippen LogP contribution in [0.3, 0.4) is 0 Å². The van der Waals surface area contributed by atoms with Gasteiger partial charge in [0.1, 0.15) is 5.82 Å². The van der Waals surface area contributed by atoms with Crippen LogP contribution >= 0.6 is 0 Å². The van der Waals surface area contributed by atoms with E-state index in [0.717, 1.165) is 44.4 Å². The summed E-state index contributed by atoms with van der Waals surface area (Å²) in [6, 6.07) is 24.7. The second-order valence-corrected chi connectivity index (χ2v) is 9.80. The molecule has 0 radical (unpaired) electrons. The Labute approximate surface area is 204 Å². The summed E-state index contributed by atoms with van der Waals surface area (Å²) in [6.45, 7) is 6.68. The van der Waals surface area contributed by atoms with Crippen LogP contribution in [0.15, 0.2) is 72.9 Å². The van der Waals surface area contributed by atoms with Crippen molar-refractivity contribution in [3.63, 3.8) is 0 Å². The maximum absolute atomic E-state index is 4.89. The van der Waals surface area contributed by atoms with E-state index in [-0.39, 0.29) is 0 Å². The molecule has 0 amide bonds. The third-order valence-electron chi connectivity index (χ3n) is 7.50. The van der Waals surface area contributed by atoms with Gasteiger partial charge in [-0.05, 0) is 43.4 Å². The smallest absolute Gasteiger partial charge is 0.224 e. The summed E-state index contributed by atoms with van der Waals surface area (Å²) >= 11 is 0. The van der Waals surface area contributed by atoms with Gasteiger partial charge < -0.3 is 10.2 Å². The molecule has 0 saturated carbocycles. The summed E-state index contributed by atoms with van der Waals surface area (Å²) in [5, 5.41) is 3.65. The number of nitrogens with zero attached hydrogens (tertiary/aromatic N) is 4. The van der Waals surface area contributed by atoms with Crippen molar-refractivity contribution in [1.29, 1.82) is 0 Å². The second-order valence-electron chi connectivity index (χ2n) is 9.80. The minimum absolute atomic E-state index is 0.351. The molecule has 2 unspecified atom stereocenters. The van der Waals surface area contributed by atoms with Crippen molar-refractivity contribution in [2.45, 2.75) is 57.0 Å². The van der Waals surface area contributed by atoms with Gasteiger partial charge >= 0.3 is 0 Å². The van der Waals surface area contributed by atoms with E-state index in [0.29, 0.717) is 18.0 Å². The van der Waals surface area contributed by atoms with Gasteiger partial charge in [0.15, 0.2) is 0 Å². The van der Waals surface area contributed by atoms with Crippen molar-refractivity contribution in [1.82, 2.24) is 14.9 Å². The highest BCUT2D eigenvalue weighted by molar-refractivity contribution is 5.43. The van der Waals surface area contributed by atoms with Crippen LogP contribution in [0, 0.1) is 0 Å². The first kappa shape index (κ1) is 22.9. The summed E-state index contributed by atoms with van der Waals surface area (Å²) in [4.78, 5) is 14.5. The van der Waals surface area contributed by atoms with Crippen molar-refractivity contribution in [3.8, 4) is 0 Å². The standard InChI is InChI=1S/C29H37N5/c1-23(28(24-12-6-4-7-13-24)25-14-8-5-9-15-25)34-21-17-26(22-34)31-29-30-18-16-27(32-29)33-19-10-2-3-11-20-33/h4-9,12-16,18,23,26,28H,2-3,10-11,17,19-22H2,1H3,(H,30,31,32). The lowest BCUT2D eigenvalue weighted by Crippen LogP contribution is -2.38. The van der Waals surface area contributed by atoms with Gasteiger partial charge in [0.25, 0.3) is 0 Å². The summed E-state index contributed by atoms with van der Waals surface area (Å²) in [5.74, 6) is 2.18. The molecule has 2 atom stereocenters. The average Bonchev–Trinajstić information content (AvgIpc) is 3.17. The van der Waals surface area contributed by atoms with Gasteiger partial charge in [0.05, 0.1) is 0 Å². The van der Waals surface area contributed by atoms with Crippen LogP contribution in [-0.4, -0.2) is 53.1 Å². The number of anilines is 2. The Morgan fingerprint density at radius 3 is 2.12 bits per heavy atom. The second kappa shape index (κ2) is 11.0. The van der Waals surface area contributed by atoms with Crippen LogP contribution in [0.5, 0.6) is 0 Å². The number of likely N-dealkylation sites (tertiary alicyclic amines) is 1. The Hall–Kier alpha value is -2.92. The van der Waals surface area contributed by atoms with Crippen molar-refractivity contribution in [3.05, 3.63) is 84.1 Å². The van der Waals surface area contributed by atoms with E-state index >= 15 is 0 Å². The fraction of sp³-hybridized carbons (Fsp3) is 0.448. The molecule has 2 aliphatic rings. The molecule has 178 valence electrons. The molecule has 2 saturated heterocycles. The lowest BCUT2D eigenvalue weighted by Gasteiger charge is -2.33. The van der Waals surface area contributed by atoms with Crippen molar-refractivity contribution < 1.29 is 0 Å². The zero-order valence-corrected chi connectivity index (χ0v) is 20.3. The van der Waals surface area contributed by atoms with Crippen molar-refractivity contribution in [2.75, 3.05) is 36.4 Å². The topological polar surface area (TPSA) is 44.3 Å². The maximum Gasteiger partial charge on any atom is 0.224 e. The monoisotopic (exact) mass is 455 g/mol. The van der Waals surface area contributed by atoms with Gasteiger partial charge in [-0.2, -0.15) is 4.98 Å². The van der Waals surface area contributed by atoms with Gasteiger partial charge in [-0.1, -0.05) is 73.5 Å². The predicted molar refractivity (Wildman–Crippen MR) is 141 cm³/mol. The van der Waals surface area contributed by atoms with E-state index in [9.17, 15) is 0 Å². The fourth-order valence-corrected chi connectivity index (χ4v) is 5.63. The van der Waals surface area contributed by atoms with Crippen LogP contribution in [0.25, 0.3) is 0 Å². The molecule has 3 aromatic rings. The summed E-state index contributed by atoms with van der Waals surface area (Å²) in [6.07, 6.45) is 8.19. The molecule has 0 bridgehead atoms. The number of hydrogen-bond donors (Lipinski definition) is 1. The molecule has 2 aromatic carbocycles. The lowest BCUT2D eigenvalue weighted by molar-refractivity contribution is 0.237. The quantitative estimate of drug-likeness (QED) is 0.505. The molecular formula is C29H37N5. The van der Waals surface area contributed by atoms with Crippen LogP contribution in [0.1, 0.15) is 56.1 Å². The first-order valence-electron chi connectivity index (χ1n) is 13.0. The van der Waals surface area contributed by atoms with E-state index < -0.39 is 0 Å². The molecule has 2 aliphatic heterocycles. The van der Waals surface area contributed by atoms with Gasteiger partial charge in [-0.3, -0.25) is 4.90 Å². The largest absolute Gasteiger partial charge is 0.356 e. The molecule has 3 heterocycles. The number of benzene rings is 2. The molecule has 1 aromatic heterocycles. The molecule has 0 aliphatic carbocycles. The molecule has 5 rings (SSSR count). The van der Waals surface area contributed by atoms with E-state index in [2.05, 4.69) is 93.8 Å². The number of nitrogens with one attached hydrogen (secondary N) is 1. The minimum atomic E-state index is 0.351. The van der Waals surface area contributed by atoms with Crippen molar-refractivity contribution in [2.24, 2.45) is 0 Å². The SMILES string of the molecule is CC(C(c1ccccc1)c1ccccc1)N1CCC(Nc2nccc(N3CCCCCC3)n2)C1. The Morgan fingerprint density at radius 1 is 0.824 bits per heavy atom. The van der Waals surface area contributed by atoms with E-state index in [1.807, 2.05) is 6.20 Å². The predicted octanol–water partition coefficient (Wildman–Crippen LogP) is 5.56. The Morgan fingerprint density at radius 2 is 1.47 bits per heavy atom. The van der Waals surface area contributed by atoms with E-state index in [4.69, 9.17) is 4.98 Å². The zero-order chi connectivity index (χ0) is 23.2. The van der Waals surface area contributed by atoms with Gasteiger partial charge in [0.2, 0.25) is 5.95 Å². The maximum atomic E-state index is 4.89. The van der Waals surface area contributed by atoms with Gasteiger partial charge in [0, 0.05) is 50.4 Å². The molecule has 5 heteroatoms. The van der Waals surface area contributed by atoms with Crippen LogP contribution in [0.2, 0.25) is 0 Å². The Bertz CT molecular complexity index is 977. The number of hydrogen-bond acceptors (Lipinski definition) is 5. The molecule has 2 fully saturated rings. The van der Waals surface area contributed by atoms with Crippen LogP contribution < -0.4 is 10.2 Å². The highest BCUT2D eigenvalue weighted by Crippen LogP contribution is 2.32. The average molecular weight is 456 g/mol. The number of rotatable bonds is 7. The summed E-state index contributed by atoms with van der Waals surface area (Å²) in [5.41, 5.74) is 2.76. The molecule has 5 nitrogen and oxygen atoms in total. The highest BCUT2D eigenvalue weighted by atomic mass is 15.3. The molecule has 34 heavy (non-hydrogen) atoms. The summed E-state index contributed by atoms with van der Waals surface area (Å²) < 4.78 is 0. The fourth-order valence-electron chi connectivity index (χ4n) is 5.63. The lowest BCUT2D eigenvalue weighted by atomic mass is 9.85. The van der Waals surface area contributed by atoms with Gasteiger partial charge in [-0.15, -0.1) is 0 Å². The molecule has 1 N–H and O–H groups in total. The third-order valence-corrected chi connectivity index (χ3v) is 7.50. The first-order chi connectivity index (χ1) is 16.8. The molecular weight excluding hydrogens is 418 g/mol. The van der Waals surface area contributed by atoms with E-state index in [1.165, 1.54) is 36.8 Å². The summed E-state index contributed by atoms with van der Waals surface area (Å²) in [7, 11) is 0. The number of aromatic nitrogens is 2. The minimum Gasteiger partial charge on any atom is -0.356 e. The Kier molecular flexibility index (Phi) is 7.40. The van der Waals surface area contributed by atoms with Crippen molar-refractivity contribution >= 4 is 11.8 Å². The van der Waals surface area contributed by atoms with Gasteiger partial charge in [-0.25, -0.2) is 4.98 Å². The Balaban J connectivity index is 1.26.